The van der Waals surface area contributed by atoms with Crippen LogP contribution in [0.3, 0.4) is 0 Å². The van der Waals surface area contributed by atoms with E-state index in [0.29, 0.717) is 18.1 Å². The quantitative estimate of drug-likeness (QED) is 0.667. The van der Waals surface area contributed by atoms with Crippen LogP contribution >= 0.6 is 0 Å². The molecule has 1 N–H and O–H groups in total. The Bertz CT molecular complexity index is 1010. The van der Waals surface area contributed by atoms with Gasteiger partial charge in [0.2, 0.25) is 0 Å². The molecule has 0 spiro atoms. The molecule has 2 aromatic heterocycles. The van der Waals surface area contributed by atoms with Gasteiger partial charge in [0.1, 0.15) is 11.4 Å². The smallest absolute Gasteiger partial charge is 0.158 e. The van der Waals surface area contributed by atoms with Crippen LogP contribution in [0.25, 0.3) is 5.70 Å². The molecule has 6 heteroatoms. The Morgan fingerprint density at radius 1 is 1.07 bits per heavy atom. The van der Waals surface area contributed by atoms with Crippen molar-refractivity contribution >= 4 is 17.2 Å². The minimum Gasteiger partial charge on any atom is -0.494 e. The highest BCUT2D eigenvalue weighted by atomic mass is 16.5. The van der Waals surface area contributed by atoms with Crippen LogP contribution in [0.4, 0.5) is 5.69 Å². The van der Waals surface area contributed by atoms with Gasteiger partial charge in [-0.25, -0.2) is 9.98 Å². The first-order chi connectivity index (χ1) is 13.7. The third-order valence-corrected chi connectivity index (χ3v) is 4.45. The first kappa shape index (κ1) is 17.9. The number of hydrogen-bond acceptors (Lipinski definition) is 6. The highest BCUT2D eigenvalue weighted by Crippen LogP contribution is 2.32. The maximum Gasteiger partial charge on any atom is 0.158 e. The van der Waals surface area contributed by atoms with E-state index in [9.17, 15) is 0 Å². The molecule has 6 nitrogen and oxygen atoms in total. The number of aliphatic imine (C=N–C) groups is 1. The summed E-state index contributed by atoms with van der Waals surface area (Å²) in [5.74, 6) is 1.46. The van der Waals surface area contributed by atoms with E-state index >= 15 is 0 Å². The normalized spacial score (nSPS) is 12.8. The van der Waals surface area contributed by atoms with Gasteiger partial charge in [-0.05, 0) is 55.7 Å². The SMILES string of the molecule is C=C1NC(c2cnc(C)cn2)=Nc2ccc(OCCCc3ccncc3)cc21. The van der Waals surface area contributed by atoms with Gasteiger partial charge in [-0.3, -0.25) is 9.97 Å². The number of rotatable bonds is 6. The standard InChI is InChI=1S/C22H21N5O/c1-15-13-25-21(14-24-15)22-26-16(2)19-12-18(5-6-20(19)27-22)28-11-3-4-17-7-9-23-10-8-17/h5-10,12-14H,2-4,11H2,1H3,(H,26,27). The van der Waals surface area contributed by atoms with E-state index in [1.165, 1.54) is 5.56 Å². The molecule has 0 radical (unpaired) electrons. The number of ether oxygens (including phenoxy) is 1. The summed E-state index contributed by atoms with van der Waals surface area (Å²) in [4.78, 5) is 17.3. The Kier molecular flexibility index (Phi) is 5.10. The van der Waals surface area contributed by atoms with Crippen LogP contribution in [-0.2, 0) is 6.42 Å². The second-order valence-electron chi connectivity index (χ2n) is 6.59. The first-order valence-corrected chi connectivity index (χ1v) is 9.19. The summed E-state index contributed by atoms with van der Waals surface area (Å²) in [5, 5.41) is 3.22. The Hall–Kier alpha value is -3.54. The van der Waals surface area contributed by atoms with Crippen LogP contribution in [-0.4, -0.2) is 27.4 Å². The predicted molar refractivity (Wildman–Crippen MR) is 110 cm³/mol. The predicted octanol–water partition coefficient (Wildman–Crippen LogP) is 3.84. The van der Waals surface area contributed by atoms with Crippen molar-refractivity contribution in [3.05, 3.63) is 84.2 Å². The molecular weight excluding hydrogens is 350 g/mol. The lowest BCUT2D eigenvalue weighted by Crippen LogP contribution is -2.26. The molecular formula is C22H21N5O. The maximum absolute atomic E-state index is 5.91. The van der Waals surface area contributed by atoms with E-state index in [-0.39, 0.29) is 0 Å². The van der Waals surface area contributed by atoms with Crippen molar-refractivity contribution < 1.29 is 4.74 Å². The van der Waals surface area contributed by atoms with E-state index in [1.54, 1.807) is 12.4 Å². The van der Waals surface area contributed by atoms with Gasteiger partial charge in [-0.1, -0.05) is 6.58 Å². The molecule has 0 bridgehead atoms. The first-order valence-electron chi connectivity index (χ1n) is 9.19. The molecule has 0 atom stereocenters. The largest absolute Gasteiger partial charge is 0.494 e. The lowest BCUT2D eigenvalue weighted by molar-refractivity contribution is 0.311. The van der Waals surface area contributed by atoms with Gasteiger partial charge in [0.05, 0.1) is 24.2 Å². The van der Waals surface area contributed by atoms with E-state index in [0.717, 1.165) is 41.2 Å². The van der Waals surface area contributed by atoms with Crippen molar-refractivity contribution in [3.8, 4) is 5.75 Å². The Labute approximate surface area is 164 Å². The van der Waals surface area contributed by atoms with Crippen molar-refractivity contribution in [2.75, 3.05) is 6.61 Å². The van der Waals surface area contributed by atoms with Crippen LogP contribution in [0.5, 0.6) is 5.75 Å². The average Bonchev–Trinajstić information content (AvgIpc) is 2.73. The minimum absolute atomic E-state index is 0.647. The monoisotopic (exact) mass is 371 g/mol. The van der Waals surface area contributed by atoms with Crippen molar-refractivity contribution in [2.45, 2.75) is 19.8 Å². The number of amidine groups is 1. The van der Waals surface area contributed by atoms with Crippen LogP contribution in [0.15, 0.2) is 66.7 Å². The molecule has 3 heterocycles. The van der Waals surface area contributed by atoms with Gasteiger partial charge in [0.25, 0.3) is 0 Å². The zero-order chi connectivity index (χ0) is 19.3. The number of aromatic nitrogens is 3. The van der Waals surface area contributed by atoms with E-state index in [4.69, 9.17) is 4.74 Å². The van der Waals surface area contributed by atoms with Gasteiger partial charge < -0.3 is 10.1 Å². The van der Waals surface area contributed by atoms with Crippen molar-refractivity contribution in [1.82, 2.24) is 20.3 Å². The lowest BCUT2D eigenvalue weighted by atomic mass is 10.1. The summed E-state index contributed by atoms with van der Waals surface area (Å²) < 4.78 is 5.91. The fourth-order valence-corrected chi connectivity index (χ4v) is 2.95. The lowest BCUT2D eigenvalue weighted by Gasteiger charge is -2.20. The number of nitrogens with one attached hydrogen (secondary N) is 1. The van der Waals surface area contributed by atoms with Gasteiger partial charge in [0.15, 0.2) is 5.84 Å². The molecule has 28 heavy (non-hydrogen) atoms. The molecule has 1 aliphatic heterocycles. The van der Waals surface area contributed by atoms with Crippen LogP contribution in [0, 0.1) is 6.92 Å². The zero-order valence-corrected chi connectivity index (χ0v) is 15.7. The molecule has 1 aromatic carbocycles. The van der Waals surface area contributed by atoms with E-state index in [1.807, 2.05) is 49.6 Å². The number of pyridine rings is 1. The number of nitrogens with zero attached hydrogens (tertiary/aromatic N) is 4. The summed E-state index contributed by atoms with van der Waals surface area (Å²) >= 11 is 0. The third-order valence-electron chi connectivity index (χ3n) is 4.45. The summed E-state index contributed by atoms with van der Waals surface area (Å²) in [6.45, 7) is 6.67. The minimum atomic E-state index is 0.647. The van der Waals surface area contributed by atoms with Crippen LogP contribution in [0.2, 0.25) is 0 Å². The fourth-order valence-electron chi connectivity index (χ4n) is 2.95. The molecule has 0 saturated carbocycles. The Balaban J connectivity index is 1.43. The molecule has 0 unspecified atom stereocenters. The van der Waals surface area contributed by atoms with Crippen molar-refractivity contribution in [1.29, 1.82) is 0 Å². The fraction of sp³-hybridized carbons (Fsp3) is 0.182. The molecule has 4 rings (SSSR count). The third kappa shape index (κ3) is 4.06. The average molecular weight is 371 g/mol. The summed E-state index contributed by atoms with van der Waals surface area (Å²) in [7, 11) is 0. The number of benzene rings is 1. The second-order valence-corrected chi connectivity index (χ2v) is 6.59. The zero-order valence-electron chi connectivity index (χ0n) is 15.7. The number of fused-ring (bicyclic) bond motifs is 1. The molecule has 140 valence electrons. The summed E-state index contributed by atoms with van der Waals surface area (Å²) in [5.41, 5.74) is 5.35. The van der Waals surface area contributed by atoms with Crippen molar-refractivity contribution in [2.24, 2.45) is 4.99 Å². The van der Waals surface area contributed by atoms with Crippen LogP contribution < -0.4 is 10.1 Å². The topological polar surface area (TPSA) is 72.3 Å². The molecule has 0 amide bonds. The van der Waals surface area contributed by atoms with Crippen LogP contribution in [0.1, 0.15) is 28.9 Å². The Morgan fingerprint density at radius 3 is 2.71 bits per heavy atom. The van der Waals surface area contributed by atoms with Crippen molar-refractivity contribution in [3.63, 3.8) is 0 Å². The van der Waals surface area contributed by atoms with Gasteiger partial charge in [-0.2, -0.15) is 0 Å². The number of hydrogen-bond donors (Lipinski definition) is 1. The molecule has 0 saturated heterocycles. The van der Waals surface area contributed by atoms with E-state index in [2.05, 4.69) is 31.8 Å². The molecule has 3 aromatic rings. The summed E-state index contributed by atoms with van der Waals surface area (Å²) in [6.07, 6.45) is 8.96. The summed E-state index contributed by atoms with van der Waals surface area (Å²) in [6, 6.07) is 9.91. The molecule has 0 aliphatic carbocycles. The molecule has 1 aliphatic rings. The maximum atomic E-state index is 5.91. The van der Waals surface area contributed by atoms with Gasteiger partial charge in [-0.15, -0.1) is 0 Å². The molecule has 0 fully saturated rings. The van der Waals surface area contributed by atoms with Gasteiger partial charge >= 0.3 is 0 Å². The van der Waals surface area contributed by atoms with Gasteiger partial charge in [0, 0.05) is 29.9 Å². The van der Waals surface area contributed by atoms with E-state index < -0.39 is 0 Å². The Morgan fingerprint density at radius 2 is 1.93 bits per heavy atom. The highest BCUT2D eigenvalue weighted by molar-refractivity contribution is 6.06. The number of aryl methyl sites for hydroxylation is 2. The second kappa shape index (κ2) is 8.00. The highest BCUT2D eigenvalue weighted by Gasteiger charge is 2.18.